The minimum Gasteiger partial charge on any atom is -0.378 e. The van der Waals surface area contributed by atoms with E-state index in [1.54, 1.807) is 0 Å². The third-order valence-electron chi connectivity index (χ3n) is 4.72. The number of ether oxygens (including phenoxy) is 1. The van der Waals surface area contributed by atoms with Gasteiger partial charge in [0.25, 0.3) is 0 Å². The van der Waals surface area contributed by atoms with Crippen LogP contribution in [0.15, 0.2) is 24.5 Å². The monoisotopic (exact) mass is 275 g/mol. The molecule has 3 rings (SSSR count). The SMILES string of the molecule is CC1OCCC1CNC1CCN(c2ccncc2)CC1. The minimum atomic E-state index is 0.430. The van der Waals surface area contributed by atoms with Crippen LogP contribution in [0.2, 0.25) is 0 Å². The van der Waals surface area contributed by atoms with Gasteiger partial charge >= 0.3 is 0 Å². The molecule has 1 N–H and O–H groups in total. The standard InChI is InChI=1S/C16H25N3O/c1-13-14(6-11-20-13)12-18-15-4-9-19(10-5-15)16-2-7-17-8-3-16/h2-3,7-8,13-15,18H,4-6,9-12H2,1H3. The summed E-state index contributed by atoms with van der Waals surface area (Å²) >= 11 is 0. The molecule has 1 aromatic rings. The summed E-state index contributed by atoms with van der Waals surface area (Å²) < 4.78 is 5.63. The molecule has 4 nitrogen and oxygen atoms in total. The van der Waals surface area contributed by atoms with Crippen molar-refractivity contribution in [1.29, 1.82) is 0 Å². The molecule has 0 bridgehead atoms. The van der Waals surface area contributed by atoms with Crippen molar-refractivity contribution >= 4 is 5.69 Å². The summed E-state index contributed by atoms with van der Waals surface area (Å²) in [6, 6.07) is 4.87. The summed E-state index contributed by atoms with van der Waals surface area (Å²) in [7, 11) is 0. The van der Waals surface area contributed by atoms with Crippen molar-refractivity contribution in [2.75, 3.05) is 31.1 Å². The Morgan fingerprint density at radius 1 is 1.25 bits per heavy atom. The van der Waals surface area contributed by atoms with Crippen LogP contribution in [0, 0.1) is 5.92 Å². The van der Waals surface area contributed by atoms with Crippen LogP contribution in [-0.2, 0) is 4.74 Å². The lowest BCUT2D eigenvalue weighted by Crippen LogP contribution is -2.44. The Hall–Kier alpha value is -1.13. The lowest BCUT2D eigenvalue weighted by Gasteiger charge is -2.34. The Morgan fingerprint density at radius 2 is 2.00 bits per heavy atom. The number of hydrogen-bond donors (Lipinski definition) is 1. The van der Waals surface area contributed by atoms with Gasteiger partial charge < -0.3 is 15.0 Å². The van der Waals surface area contributed by atoms with E-state index in [1.807, 2.05) is 12.4 Å². The Labute approximate surface area is 121 Å². The Kier molecular flexibility index (Phi) is 4.53. The van der Waals surface area contributed by atoms with Crippen molar-refractivity contribution in [2.45, 2.75) is 38.3 Å². The predicted octanol–water partition coefficient (Wildman–Crippen LogP) is 2.06. The van der Waals surface area contributed by atoms with Crippen molar-refractivity contribution in [3.63, 3.8) is 0 Å². The maximum Gasteiger partial charge on any atom is 0.0588 e. The van der Waals surface area contributed by atoms with Gasteiger partial charge in [-0.05, 0) is 44.2 Å². The van der Waals surface area contributed by atoms with Crippen LogP contribution in [0.25, 0.3) is 0 Å². The first-order chi connectivity index (χ1) is 9.83. The summed E-state index contributed by atoms with van der Waals surface area (Å²) in [5.41, 5.74) is 1.30. The zero-order chi connectivity index (χ0) is 13.8. The average Bonchev–Trinajstić information content (AvgIpc) is 2.92. The summed E-state index contributed by atoms with van der Waals surface area (Å²) in [5, 5.41) is 3.75. The predicted molar refractivity (Wildman–Crippen MR) is 81.0 cm³/mol. The van der Waals surface area contributed by atoms with E-state index in [4.69, 9.17) is 4.74 Å². The number of pyridine rings is 1. The number of nitrogens with one attached hydrogen (secondary N) is 1. The molecule has 0 aliphatic carbocycles. The number of anilines is 1. The molecule has 0 radical (unpaired) electrons. The van der Waals surface area contributed by atoms with Crippen LogP contribution < -0.4 is 10.2 Å². The van der Waals surface area contributed by atoms with E-state index in [0.29, 0.717) is 18.1 Å². The van der Waals surface area contributed by atoms with Crippen molar-refractivity contribution in [3.8, 4) is 0 Å². The van der Waals surface area contributed by atoms with E-state index < -0.39 is 0 Å². The smallest absolute Gasteiger partial charge is 0.0588 e. The largest absolute Gasteiger partial charge is 0.378 e. The van der Waals surface area contributed by atoms with Gasteiger partial charge in [-0.3, -0.25) is 4.98 Å². The minimum absolute atomic E-state index is 0.430. The first-order valence-corrected chi connectivity index (χ1v) is 7.83. The fraction of sp³-hybridized carbons (Fsp3) is 0.688. The van der Waals surface area contributed by atoms with Gasteiger partial charge in [-0.1, -0.05) is 0 Å². The van der Waals surface area contributed by atoms with Gasteiger partial charge in [-0.25, -0.2) is 0 Å². The van der Waals surface area contributed by atoms with E-state index in [9.17, 15) is 0 Å². The maximum atomic E-state index is 5.63. The Bertz CT molecular complexity index is 403. The van der Waals surface area contributed by atoms with E-state index >= 15 is 0 Å². The first kappa shape index (κ1) is 13.8. The van der Waals surface area contributed by atoms with Crippen molar-refractivity contribution < 1.29 is 4.74 Å². The average molecular weight is 275 g/mol. The molecule has 2 fully saturated rings. The lowest BCUT2D eigenvalue weighted by atomic mass is 10.00. The van der Waals surface area contributed by atoms with Crippen LogP contribution in [0.1, 0.15) is 26.2 Å². The highest BCUT2D eigenvalue weighted by Crippen LogP contribution is 2.22. The second-order valence-electron chi connectivity index (χ2n) is 6.00. The van der Waals surface area contributed by atoms with Crippen LogP contribution in [-0.4, -0.2) is 43.4 Å². The molecule has 2 saturated heterocycles. The number of hydrogen-bond acceptors (Lipinski definition) is 4. The highest BCUT2D eigenvalue weighted by atomic mass is 16.5. The van der Waals surface area contributed by atoms with Crippen molar-refractivity contribution in [3.05, 3.63) is 24.5 Å². The molecule has 0 spiro atoms. The normalized spacial score (nSPS) is 27.9. The summed E-state index contributed by atoms with van der Waals surface area (Å²) in [6.45, 7) is 6.53. The molecular formula is C16H25N3O. The molecule has 2 unspecified atom stereocenters. The lowest BCUT2D eigenvalue weighted by molar-refractivity contribution is 0.104. The highest BCUT2D eigenvalue weighted by Gasteiger charge is 2.26. The van der Waals surface area contributed by atoms with Crippen LogP contribution in [0.3, 0.4) is 0 Å². The highest BCUT2D eigenvalue weighted by molar-refractivity contribution is 5.44. The van der Waals surface area contributed by atoms with Crippen LogP contribution in [0.4, 0.5) is 5.69 Å². The molecular weight excluding hydrogens is 250 g/mol. The van der Waals surface area contributed by atoms with Gasteiger partial charge in [0, 0.05) is 50.4 Å². The van der Waals surface area contributed by atoms with E-state index in [2.05, 4.69) is 34.3 Å². The second-order valence-corrected chi connectivity index (χ2v) is 6.00. The first-order valence-electron chi connectivity index (χ1n) is 7.83. The number of rotatable bonds is 4. The second kappa shape index (κ2) is 6.55. The summed E-state index contributed by atoms with van der Waals surface area (Å²) in [6.07, 6.45) is 7.85. The van der Waals surface area contributed by atoms with Gasteiger partial charge in [0.1, 0.15) is 0 Å². The molecule has 0 aromatic carbocycles. The Morgan fingerprint density at radius 3 is 2.65 bits per heavy atom. The number of piperidine rings is 1. The zero-order valence-electron chi connectivity index (χ0n) is 12.3. The summed E-state index contributed by atoms with van der Waals surface area (Å²) in [4.78, 5) is 6.54. The topological polar surface area (TPSA) is 37.4 Å². The molecule has 110 valence electrons. The molecule has 1 aromatic heterocycles. The van der Waals surface area contributed by atoms with Gasteiger partial charge in [0.05, 0.1) is 6.10 Å². The maximum absolute atomic E-state index is 5.63. The fourth-order valence-electron chi connectivity index (χ4n) is 3.26. The van der Waals surface area contributed by atoms with Gasteiger partial charge in [-0.15, -0.1) is 0 Å². The third-order valence-corrected chi connectivity index (χ3v) is 4.72. The van der Waals surface area contributed by atoms with Gasteiger partial charge in [-0.2, -0.15) is 0 Å². The molecule has 2 aliphatic rings. The fourth-order valence-corrected chi connectivity index (χ4v) is 3.26. The molecule has 0 amide bonds. The molecule has 3 heterocycles. The molecule has 2 aliphatic heterocycles. The molecule has 0 saturated carbocycles. The zero-order valence-corrected chi connectivity index (χ0v) is 12.3. The number of nitrogens with zero attached hydrogens (tertiary/aromatic N) is 2. The number of aromatic nitrogens is 1. The quantitative estimate of drug-likeness (QED) is 0.913. The van der Waals surface area contributed by atoms with Crippen molar-refractivity contribution in [2.24, 2.45) is 5.92 Å². The van der Waals surface area contributed by atoms with Crippen molar-refractivity contribution in [1.82, 2.24) is 10.3 Å². The summed E-state index contributed by atoms with van der Waals surface area (Å²) in [5.74, 6) is 0.702. The molecule has 4 heteroatoms. The third kappa shape index (κ3) is 3.30. The van der Waals surface area contributed by atoms with Crippen LogP contribution in [0.5, 0.6) is 0 Å². The molecule has 20 heavy (non-hydrogen) atoms. The van der Waals surface area contributed by atoms with E-state index in [0.717, 1.165) is 26.2 Å². The van der Waals surface area contributed by atoms with E-state index in [-0.39, 0.29) is 0 Å². The van der Waals surface area contributed by atoms with E-state index in [1.165, 1.54) is 24.9 Å². The van der Waals surface area contributed by atoms with Gasteiger partial charge in [0.15, 0.2) is 0 Å². The van der Waals surface area contributed by atoms with Crippen LogP contribution >= 0.6 is 0 Å². The van der Waals surface area contributed by atoms with Gasteiger partial charge in [0.2, 0.25) is 0 Å². The molecule has 2 atom stereocenters. The Balaban J connectivity index is 1.42.